The van der Waals surface area contributed by atoms with Gasteiger partial charge in [-0.05, 0) is 69.9 Å². The van der Waals surface area contributed by atoms with Crippen molar-refractivity contribution in [2.75, 3.05) is 18.1 Å². The molecule has 42 heavy (non-hydrogen) atoms. The summed E-state index contributed by atoms with van der Waals surface area (Å²) in [6.07, 6.45) is 0.0852. The number of pyridine rings is 1. The molecule has 3 aromatic heterocycles. The van der Waals surface area contributed by atoms with Gasteiger partial charge in [-0.2, -0.15) is 18.3 Å². The van der Waals surface area contributed by atoms with Crippen molar-refractivity contribution < 1.29 is 22.7 Å². The molecule has 1 unspecified atom stereocenters. The summed E-state index contributed by atoms with van der Waals surface area (Å²) in [7, 11) is 1.18. The van der Waals surface area contributed by atoms with Gasteiger partial charge in [0.25, 0.3) is 5.91 Å². The predicted octanol–water partition coefficient (Wildman–Crippen LogP) is 5.84. The van der Waals surface area contributed by atoms with Gasteiger partial charge in [-0.15, -0.1) is 5.10 Å². The van der Waals surface area contributed by atoms with Gasteiger partial charge in [0.05, 0.1) is 16.7 Å². The average Bonchev–Trinajstić information content (AvgIpc) is 3.36. The highest BCUT2D eigenvalue weighted by Gasteiger charge is 2.64. The number of aromatic nitrogens is 5. The molecule has 1 aliphatic carbocycles. The number of alkyl halides is 3. The van der Waals surface area contributed by atoms with Crippen molar-refractivity contribution in [2.45, 2.75) is 77.4 Å². The third-order valence-electron chi connectivity index (χ3n) is 8.20. The fourth-order valence-corrected chi connectivity index (χ4v) is 7.15. The van der Waals surface area contributed by atoms with Crippen LogP contribution in [0.1, 0.15) is 69.9 Å². The fourth-order valence-electron chi connectivity index (χ4n) is 5.75. The molecule has 1 N–H and O–H groups in total. The van der Waals surface area contributed by atoms with E-state index in [0.29, 0.717) is 23.7 Å². The maximum absolute atomic E-state index is 13.8. The largest absolute Gasteiger partial charge is 0.476 e. The highest BCUT2D eigenvalue weighted by molar-refractivity contribution is 8.13. The smallest absolute Gasteiger partial charge is 0.397 e. The Hall–Kier alpha value is -3.35. The molecule has 1 saturated carbocycles. The minimum atomic E-state index is -4.30. The van der Waals surface area contributed by atoms with E-state index in [2.05, 4.69) is 47.5 Å². The van der Waals surface area contributed by atoms with Crippen LogP contribution in [0, 0.1) is 17.8 Å². The first-order valence-electron chi connectivity index (χ1n) is 13.9. The summed E-state index contributed by atoms with van der Waals surface area (Å²) in [4.78, 5) is 21.8. The van der Waals surface area contributed by atoms with E-state index in [1.165, 1.54) is 10.7 Å². The highest BCUT2D eigenvalue weighted by atomic mass is 32.2. The Morgan fingerprint density at radius 2 is 1.90 bits per heavy atom. The molecule has 1 atom stereocenters. The van der Waals surface area contributed by atoms with Crippen molar-refractivity contribution in [3.63, 3.8) is 0 Å². The van der Waals surface area contributed by atoms with Crippen LogP contribution in [-0.2, 0) is 7.05 Å². The number of carbonyl (C=O) groups excluding carboxylic acids is 1. The van der Waals surface area contributed by atoms with Gasteiger partial charge in [0.1, 0.15) is 17.8 Å². The summed E-state index contributed by atoms with van der Waals surface area (Å²) in [6, 6.07) is 4.94. The number of nitrogens with zero attached hydrogens (tertiary/aromatic N) is 6. The van der Waals surface area contributed by atoms with Crippen LogP contribution >= 0.6 is 10.7 Å². The fraction of sp³-hybridized carbons (Fsp3) is 0.552. The second-order valence-electron chi connectivity index (χ2n) is 12.7. The molecule has 3 aromatic rings. The number of hydrogen-bond acceptors (Lipinski definition) is 6. The van der Waals surface area contributed by atoms with Gasteiger partial charge in [-0.1, -0.05) is 24.5 Å². The highest BCUT2D eigenvalue weighted by Crippen LogP contribution is 2.57. The number of carbonyl (C=O) groups is 1. The predicted molar refractivity (Wildman–Crippen MR) is 157 cm³/mol. The number of hydrogen-bond donors (Lipinski definition) is 1. The summed E-state index contributed by atoms with van der Waals surface area (Å²) in [6.45, 7) is 12.7. The third-order valence-corrected chi connectivity index (χ3v) is 9.96. The van der Waals surface area contributed by atoms with Crippen LogP contribution in [0.15, 0.2) is 35.5 Å². The van der Waals surface area contributed by atoms with Crippen LogP contribution < -0.4 is 14.4 Å². The molecule has 1 amide bonds. The molecule has 13 heteroatoms. The molecule has 4 heterocycles. The molecule has 1 saturated heterocycles. The minimum Gasteiger partial charge on any atom is -0.476 e. The normalized spacial score (nSPS) is 19.6. The van der Waals surface area contributed by atoms with E-state index in [-0.39, 0.29) is 35.6 Å². The first-order chi connectivity index (χ1) is 19.6. The Morgan fingerprint density at radius 3 is 2.45 bits per heavy atom. The lowest BCUT2D eigenvalue weighted by atomic mass is 9.86. The second-order valence-corrected chi connectivity index (χ2v) is 14.5. The first-order valence-corrected chi connectivity index (χ1v) is 15.2. The van der Waals surface area contributed by atoms with Gasteiger partial charge in [-0.25, -0.2) is 9.67 Å². The van der Waals surface area contributed by atoms with E-state index in [4.69, 9.17) is 9.72 Å². The number of anilines is 1. The van der Waals surface area contributed by atoms with Crippen LogP contribution in [0.4, 0.5) is 19.0 Å². The van der Waals surface area contributed by atoms with Gasteiger partial charge >= 0.3 is 6.18 Å². The van der Waals surface area contributed by atoms with Gasteiger partial charge < -0.3 is 9.64 Å². The van der Waals surface area contributed by atoms with E-state index in [1.54, 1.807) is 29.2 Å². The molecule has 5 rings (SSSR count). The molecule has 0 radical (unpaired) electrons. The Bertz CT molecular complexity index is 1540. The van der Waals surface area contributed by atoms with E-state index in [0.717, 1.165) is 17.0 Å². The third kappa shape index (κ3) is 5.67. The minimum absolute atomic E-state index is 0.00675. The summed E-state index contributed by atoms with van der Waals surface area (Å²) >= 11 is 0. The zero-order valence-electron chi connectivity index (χ0n) is 25.0. The number of ether oxygens (including phenoxy) is 1. The molecule has 0 spiro atoms. The lowest BCUT2D eigenvalue weighted by Crippen LogP contribution is -2.40. The van der Waals surface area contributed by atoms with Crippen molar-refractivity contribution in [2.24, 2.45) is 17.9 Å². The monoisotopic (exact) mass is 605 g/mol. The average molecular weight is 606 g/mol. The number of amides is 1. The second kappa shape index (κ2) is 10.4. The Kier molecular flexibility index (Phi) is 7.48. The molecular formula is C29H38F3N7O2S. The van der Waals surface area contributed by atoms with Crippen LogP contribution in [0.3, 0.4) is 0 Å². The molecule has 228 valence electrons. The molecule has 9 nitrogen and oxygen atoms in total. The number of halogens is 3. The number of nitrogens with one attached hydrogen (secondary N) is 1. The molecule has 2 aliphatic rings. The van der Waals surface area contributed by atoms with Crippen molar-refractivity contribution in [1.29, 1.82) is 0 Å². The van der Waals surface area contributed by atoms with Gasteiger partial charge in [0, 0.05) is 37.1 Å². The van der Waals surface area contributed by atoms with Crippen LogP contribution in [0.2, 0.25) is 0 Å². The molecule has 2 fully saturated rings. The van der Waals surface area contributed by atoms with Gasteiger partial charge in [0.15, 0.2) is 5.82 Å². The Balaban J connectivity index is 1.46. The first kappa shape index (κ1) is 30.1. The molecule has 1 aliphatic heterocycles. The van der Waals surface area contributed by atoms with Crippen LogP contribution in [-0.4, -0.2) is 60.7 Å². The number of aryl methyl sites for hydroxylation is 1. The van der Waals surface area contributed by atoms with Gasteiger partial charge in [-0.3, -0.25) is 14.2 Å². The SMILES string of the molecule is C/C=S(/NC(=O)c1ccc(-n2ccc(OCC3(C(F)(F)F)CC3)n2)nc1N1CC(C)(C)CC1(C)C)c1cnn(C)c1C. The van der Waals surface area contributed by atoms with E-state index in [1.807, 2.05) is 26.3 Å². The quantitative estimate of drug-likeness (QED) is 0.325. The zero-order chi connectivity index (χ0) is 30.7. The van der Waals surface area contributed by atoms with E-state index in [9.17, 15) is 18.0 Å². The molecular weight excluding hydrogens is 567 g/mol. The van der Waals surface area contributed by atoms with Crippen molar-refractivity contribution >= 4 is 27.8 Å². The van der Waals surface area contributed by atoms with Crippen LogP contribution in [0.25, 0.3) is 5.82 Å². The topological polar surface area (TPSA) is 90.1 Å². The standard InChI is InChI=1S/C29H38F3N7O2S/c1-8-42(21-15-33-37(7)19(21)2)36-25(40)20-9-10-22(34-24(20)38-17-26(3,4)16-27(38,5)6)39-14-11-23(35-39)41-18-28(12-13-28)29(30,31)32/h8-11,14-15H,12-13,16-18H2,1-7H3,(H,36,40). The summed E-state index contributed by atoms with van der Waals surface area (Å²) < 4.78 is 51.9. The summed E-state index contributed by atoms with van der Waals surface area (Å²) in [5, 5.41) is 10.6. The van der Waals surface area contributed by atoms with Crippen LogP contribution in [0.5, 0.6) is 5.88 Å². The molecule has 0 bridgehead atoms. The van der Waals surface area contributed by atoms with E-state index < -0.39 is 28.9 Å². The maximum Gasteiger partial charge on any atom is 0.397 e. The summed E-state index contributed by atoms with van der Waals surface area (Å²) in [5.74, 6) is 0.779. The van der Waals surface area contributed by atoms with E-state index >= 15 is 0 Å². The Labute approximate surface area is 246 Å². The maximum atomic E-state index is 13.8. The number of rotatable bonds is 8. The lowest BCUT2D eigenvalue weighted by Gasteiger charge is -2.34. The lowest BCUT2D eigenvalue weighted by molar-refractivity contribution is -0.194. The van der Waals surface area contributed by atoms with Crippen molar-refractivity contribution in [3.05, 3.63) is 41.9 Å². The van der Waals surface area contributed by atoms with Crippen molar-refractivity contribution in [1.82, 2.24) is 29.3 Å². The molecule has 0 aromatic carbocycles. The zero-order valence-corrected chi connectivity index (χ0v) is 25.9. The van der Waals surface area contributed by atoms with Crippen molar-refractivity contribution in [3.8, 4) is 11.7 Å². The Morgan fingerprint density at radius 1 is 1.19 bits per heavy atom. The summed E-state index contributed by atoms with van der Waals surface area (Å²) in [5.41, 5.74) is -0.680. The van der Waals surface area contributed by atoms with Gasteiger partial charge in [0.2, 0.25) is 5.88 Å².